The van der Waals surface area contributed by atoms with Crippen molar-refractivity contribution in [2.75, 3.05) is 25.4 Å². The molecule has 2 unspecified atom stereocenters. The zero-order chi connectivity index (χ0) is 15.5. The summed E-state index contributed by atoms with van der Waals surface area (Å²) in [6.45, 7) is 1.59. The van der Waals surface area contributed by atoms with E-state index < -0.39 is 19.4 Å². The lowest BCUT2D eigenvalue weighted by molar-refractivity contribution is -0.114. The summed E-state index contributed by atoms with van der Waals surface area (Å²) in [5, 5.41) is 2.42. The number of nitrogens with one attached hydrogen (secondary N) is 1. The van der Waals surface area contributed by atoms with Gasteiger partial charge in [0.05, 0.1) is 13.2 Å². The average molecular weight is 317 g/mol. The molecule has 0 saturated carbocycles. The van der Waals surface area contributed by atoms with Gasteiger partial charge in [0.25, 0.3) is 0 Å². The summed E-state index contributed by atoms with van der Waals surface area (Å²) in [6, 6.07) is 1.51. The van der Waals surface area contributed by atoms with Crippen LogP contribution in [0.3, 0.4) is 0 Å². The van der Waals surface area contributed by atoms with Crippen LogP contribution in [-0.2, 0) is 29.7 Å². The van der Waals surface area contributed by atoms with Crippen LogP contribution in [0, 0.1) is 0 Å². The van der Waals surface area contributed by atoms with Crippen LogP contribution >= 0.6 is 7.60 Å². The second-order valence-corrected chi connectivity index (χ2v) is 6.54. The third-order valence-corrected chi connectivity index (χ3v) is 4.35. The lowest BCUT2D eigenvalue weighted by Gasteiger charge is -2.28. The molecular formula is C11H16N3O6P. The first-order valence-electron chi connectivity index (χ1n) is 6.18. The van der Waals surface area contributed by atoms with Crippen LogP contribution in [0.2, 0.25) is 0 Å². The van der Waals surface area contributed by atoms with Crippen LogP contribution in [0.15, 0.2) is 17.1 Å². The van der Waals surface area contributed by atoms with E-state index in [4.69, 9.17) is 13.8 Å². The minimum absolute atomic E-state index is 0.0605. The molecule has 0 aromatic carbocycles. The molecule has 0 aliphatic carbocycles. The van der Waals surface area contributed by atoms with Gasteiger partial charge >= 0.3 is 13.3 Å². The van der Waals surface area contributed by atoms with Crippen molar-refractivity contribution in [1.29, 1.82) is 0 Å². The van der Waals surface area contributed by atoms with Crippen molar-refractivity contribution in [3.63, 3.8) is 0 Å². The summed E-state index contributed by atoms with van der Waals surface area (Å²) in [5.74, 6) is -0.118. The minimum atomic E-state index is -3.14. The monoisotopic (exact) mass is 317 g/mol. The minimum Gasteiger partial charge on any atom is -0.361 e. The lowest BCUT2D eigenvalue weighted by Crippen LogP contribution is -2.35. The third-order valence-electron chi connectivity index (χ3n) is 2.78. The number of hydrogen-bond donors (Lipinski definition) is 1. The molecule has 0 radical (unpaired) electrons. The number of amides is 1. The van der Waals surface area contributed by atoms with Crippen molar-refractivity contribution in [3.05, 3.63) is 22.7 Å². The van der Waals surface area contributed by atoms with Gasteiger partial charge in [0.1, 0.15) is 18.3 Å². The van der Waals surface area contributed by atoms with E-state index in [0.29, 0.717) is 0 Å². The van der Waals surface area contributed by atoms with Crippen LogP contribution < -0.4 is 11.0 Å². The molecule has 0 spiro atoms. The first-order valence-corrected chi connectivity index (χ1v) is 7.91. The first-order chi connectivity index (χ1) is 9.92. The maximum absolute atomic E-state index is 11.8. The molecule has 116 valence electrons. The van der Waals surface area contributed by atoms with E-state index in [-0.39, 0.29) is 31.2 Å². The van der Waals surface area contributed by atoms with E-state index in [1.165, 1.54) is 30.9 Å². The Morgan fingerprint density at radius 3 is 2.95 bits per heavy atom. The zero-order valence-electron chi connectivity index (χ0n) is 11.6. The third kappa shape index (κ3) is 4.21. The normalized spacial score (nSPS) is 25.5. The standard InChI is InChI=1S/C11H16N3O6P/c1-8(15)12-10-3-4-14(11(16)13-10)5-9-6-20-21(17,18-2)7-19-9/h3-4,9H,5-7H2,1-2H3,(H,12,13,15,16). The Hall–Kier alpha value is -1.54. The Morgan fingerprint density at radius 2 is 2.43 bits per heavy atom. The highest BCUT2D eigenvalue weighted by molar-refractivity contribution is 7.53. The van der Waals surface area contributed by atoms with Crippen LogP contribution in [0.1, 0.15) is 6.92 Å². The summed E-state index contributed by atoms with van der Waals surface area (Å²) in [4.78, 5) is 26.4. The number of carbonyl (C=O) groups excluding carboxylic acids is 1. The molecule has 2 heterocycles. The Balaban J connectivity index is 2.00. The largest absolute Gasteiger partial charge is 0.361 e. The molecule has 21 heavy (non-hydrogen) atoms. The summed E-state index contributed by atoms with van der Waals surface area (Å²) >= 11 is 0. The van der Waals surface area contributed by atoms with Crippen molar-refractivity contribution >= 4 is 19.3 Å². The van der Waals surface area contributed by atoms with Gasteiger partial charge in [-0.25, -0.2) is 4.79 Å². The number of aromatic nitrogens is 2. The summed E-state index contributed by atoms with van der Waals surface area (Å²) in [5.41, 5.74) is -0.523. The van der Waals surface area contributed by atoms with Gasteiger partial charge in [0.15, 0.2) is 0 Å². The highest BCUT2D eigenvalue weighted by Crippen LogP contribution is 2.49. The molecular weight excluding hydrogens is 301 g/mol. The highest BCUT2D eigenvalue weighted by atomic mass is 31.2. The second kappa shape index (κ2) is 6.48. The lowest BCUT2D eigenvalue weighted by atomic mass is 10.3. The molecule has 1 aliphatic rings. The van der Waals surface area contributed by atoms with E-state index >= 15 is 0 Å². The predicted molar refractivity (Wildman–Crippen MR) is 73.1 cm³/mol. The molecule has 1 saturated heterocycles. The van der Waals surface area contributed by atoms with Crippen LogP contribution in [0.25, 0.3) is 0 Å². The Labute approximate surface area is 120 Å². The van der Waals surface area contributed by atoms with E-state index in [2.05, 4.69) is 10.3 Å². The number of hydrogen-bond acceptors (Lipinski definition) is 7. The maximum atomic E-state index is 11.8. The smallest absolute Gasteiger partial charge is 0.355 e. The Bertz CT molecular complexity index is 619. The van der Waals surface area contributed by atoms with Crippen molar-refractivity contribution in [2.45, 2.75) is 19.6 Å². The Kier molecular flexibility index (Phi) is 4.89. The van der Waals surface area contributed by atoms with E-state index in [9.17, 15) is 14.2 Å². The Morgan fingerprint density at radius 1 is 1.67 bits per heavy atom. The van der Waals surface area contributed by atoms with Crippen LogP contribution in [-0.4, -0.2) is 41.6 Å². The fourth-order valence-corrected chi connectivity index (χ4v) is 2.80. The fraction of sp³-hybridized carbons (Fsp3) is 0.545. The van der Waals surface area contributed by atoms with Gasteiger partial charge in [-0.15, -0.1) is 0 Å². The number of nitrogens with zero attached hydrogens (tertiary/aromatic N) is 2. The number of carbonyl (C=O) groups is 1. The van der Waals surface area contributed by atoms with Gasteiger partial charge in [-0.2, -0.15) is 4.98 Å². The molecule has 1 amide bonds. The quantitative estimate of drug-likeness (QED) is 0.801. The van der Waals surface area contributed by atoms with Gasteiger partial charge in [0, 0.05) is 20.2 Å². The van der Waals surface area contributed by atoms with Crippen molar-refractivity contribution in [1.82, 2.24) is 9.55 Å². The molecule has 1 aliphatic heterocycles. The number of rotatable bonds is 4. The summed E-state index contributed by atoms with van der Waals surface area (Å²) < 4.78 is 28.3. The van der Waals surface area contributed by atoms with Gasteiger partial charge in [-0.3, -0.25) is 13.9 Å². The predicted octanol–water partition coefficient (Wildman–Crippen LogP) is 0.414. The van der Waals surface area contributed by atoms with E-state index in [1.807, 2.05) is 0 Å². The van der Waals surface area contributed by atoms with Crippen molar-refractivity contribution < 1.29 is 23.1 Å². The number of ether oxygens (including phenoxy) is 1. The maximum Gasteiger partial charge on any atom is 0.355 e. The van der Waals surface area contributed by atoms with E-state index in [1.54, 1.807) is 0 Å². The number of anilines is 1. The van der Waals surface area contributed by atoms with Gasteiger partial charge in [-0.1, -0.05) is 0 Å². The topological polar surface area (TPSA) is 109 Å². The molecule has 1 fully saturated rings. The highest BCUT2D eigenvalue weighted by Gasteiger charge is 2.32. The molecule has 10 heteroatoms. The summed E-state index contributed by atoms with van der Waals surface area (Å²) in [7, 11) is -1.85. The molecule has 9 nitrogen and oxygen atoms in total. The van der Waals surface area contributed by atoms with Crippen LogP contribution in [0.4, 0.5) is 5.82 Å². The van der Waals surface area contributed by atoms with Gasteiger partial charge in [-0.05, 0) is 6.07 Å². The zero-order valence-corrected chi connectivity index (χ0v) is 12.5. The molecule has 2 atom stereocenters. The molecule has 1 N–H and O–H groups in total. The van der Waals surface area contributed by atoms with Gasteiger partial charge in [0.2, 0.25) is 5.91 Å². The molecule has 1 aromatic rings. The average Bonchev–Trinajstić information content (AvgIpc) is 2.44. The van der Waals surface area contributed by atoms with E-state index in [0.717, 1.165) is 0 Å². The fourth-order valence-electron chi connectivity index (χ4n) is 1.73. The summed E-state index contributed by atoms with van der Waals surface area (Å²) in [6.07, 6.45) is 0.919. The molecule has 0 bridgehead atoms. The van der Waals surface area contributed by atoms with Crippen molar-refractivity contribution in [3.8, 4) is 0 Å². The molecule has 1 aromatic heterocycles. The first kappa shape index (κ1) is 15.8. The van der Waals surface area contributed by atoms with Gasteiger partial charge < -0.3 is 19.1 Å². The molecule has 2 rings (SSSR count). The SMILES string of the molecule is COP1(=O)COC(Cn2ccc(NC(C)=O)nc2=O)CO1. The second-order valence-electron chi connectivity index (χ2n) is 4.44. The van der Waals surface area contributed by atoms with Crippen LogP contribution in [0.5, 0.6) is 0 Å². The van der Waals surface area contributed by atoms with Crippen molar-refractivity contribution in [2.24, 2.45) is 0 Å².